The summed E-state index contributed by atoms with van der Waals surface area (Å²) in [5.41, 5.74) is 0.708. The molecule has 0 radical (unpaired) electrons. The third-order valence-corrected chi connectivity index (χ3v) is 5.59. The molecular weight excluding hydrogens is 379 g/mol. The SMILES string of the molecule is Cc1cc2cc(NC(=O)C3(C(F)(F)F)CCN(Cc4ccccc4)C3)ccc2[nH]1. The number of aromatic amines is 1. The molecule has 0 spiro atoms. The molecule has 1 unspecified atom stereocenters. The Labute approximate surface area is 166 Å². The molecule has 152 valence electrons. The highest BCUT2D eigenvalue weighted by Gasteiger charge is 2.62. The summed E-state index contributed by atoms with van der Waals surface area (Å²) in [5, 5.41) is 3.36. The lowest BCUT2D eigenvalue weighted by Gasteiger charge is -2.30. The van der Waals surface area contributed by atoms with E-state index in [0.717, 1.165) is 22.2 Å². The minimum absolute atomic E-state index is 0.220. The molecule has 29 heavy (non-hydrogen) atoms. The molecule has 0 aliphatic carbocycles. The molecule has 1 saturated heterocycles. The van der Waals surface area contributed by atoms with Gasteiger partial charge in [-0.05, 0) is 49.7 Å². The number of halogens is 3. The van der Waals surface area contributed by atoms with E-state index in [2.05, 4.69) is 10.3 Å². The van der Waals surface area contributed by atoms with Crippen LogP contribution >= 0.6 is 0 Å². The smallest absolute Gasteiger partial charge is 0.359 e. The van der Waals surface area contributed by atoms with Crippen molar-refractivity contribution in [2.45, 2.75) is 26.1 Å². The Bertz CT molecular complexity index is 1030. The lowest BCUT2D eigenvalue weighted by atomic mass is 9.85. The number of H-pyrrole nitrogens is 1. The number of carbonyl (C=O) groups excluding carboxylic acids is 1. The monoisotopic (exact) mass is 401 g/mol. The van der Waals surface area contributed by atoms with Gasteiger partial charge in [-0.2, -0.15) is 13.2 Å². The molecule has 1 fully saturated rings. The molecule has 1 aliphatic rings. The second-order valence-electron chi connectivity index (χ2n) is 7.73. The molecule has 1 atom stereocenters. The second kappa shape index (κ2) is 7.22. The fourth-order valence-electron chi connectivity index (χ4n) is 4.02. The van der Waals surface area contributed by atoms with E-state index in [1.54, 1.807) is 23.1 Å². The van der Waals surface area contributed by atoms with E-state index < -0.39 is 17.5 Å². The van der Waals surface area contributed by atoms with Crippen LogP contribution in [-0.4, -0.2) is 35.1 Å². The Balaban J connectivity index is 1.55. The molecule has 4 rings (SSSR count). The molecule has 1 aliphatic heterocycles. The first kappa shape index (κ1) is 19.5. The number of hydrogen-bond acceptors (Lipinski definition) is 2. The molecule has 0 saturated carbocycles. The Morgan fingerprint density at radius 1 is 1.17 bits per heavy atom. The molecule has 7 heteroatoms. The van der Waals surface area contributed by atoms with E-state index in [9.17, 15) is 18.0 Å². The van der Waals surface area contributed by atoms with Crippen LogP contribution in [0.3, 0.4) is 0 Å². The first-order valence-electron chi connectivity index (χ1n) is 9.51. The lowest BCUT2D eigenvalue weighted by Crippen LogP contribution is -2.49. The van der Waals surface area contributed by atoms with E-state index in [4.69, 9.17) is 0 Å². The summed E-state index contributed by atoms with van der Waals surface area (Å²) >= 11 is 0. The minimum atomic E-state index is -4.63. The van der Waals surface area contributed by atoms with E-state index in [-0.39, 0.29) is 19.5 Å². The van der Waals surface area contributed by atoms with Gasteiger partial charge in [0.2, 0.25) is 5.91 Å². The number of fused-ring (bicyclic) bond motifs is 1. The predicted octanol–water partition coefficient (Wildman–Crippen LogP) is 4.87. The van der Waals surface area contributed by atoms with Crippen molar-refractivity contribution in [3.63, 3.8) is 0 Å². The number of carbonyl (C=O) groups is 1. The average Bonchev–Trinajstić information content (AvgIpc) is 3.25. The van der Waals surface area contributed by atoms with Crippen LogP contribution in [0, 0.1) is 12.3 Å². The van der Waals surface area contributed by atoms with Gasteiger partial charge >= 0.3 is 6.18 Å². The van der Waals surface area contributed by atoms with E-state index >= 15 is 0 Å². The van der Waals surface area contributed by atoms with Gasteiger partial charge in [0, 0.05) is 35.4 Å². The van der Waals surface area contributed by atoms with Gasteiger partial charge in [-0.1, -0.05) is 30.3 Å². The van der Waals surface area contributed by atoms with Crippen molar-refractivity contribution in [3.8, 4) is 0 Å². The van der Waals surface area contributed by atoms with Gasteiger partial charge < -0.3 is 10.3 Å². The van der Waals surface area contributed by atoms with Crippen LogP contribution in [0.4, 0.5) is 18.9 Å². The van der Waals surface area contributed by atoms with Crippen molar-refractivity contribution in [3.05, 3.63) is 65.9 Å². The number of aryl methyl sites for hydroxylation is 1. The van der Waals surface area contributed by atoms with Gasteiger partial charge in [0.15, 0.2) is 5.41 Å². The van der Waals surface area contributed by atoms with Crippen molar-refractivity contribution in [1.29, 1.82) is 0 Å². The third kappa shape index (κ3) is 3.74. The number of nitrogens with zero attached hydrogens (tertiary/aromatic N) is 1. The van der Waals surface area contributed by atoms with Crippen LogP contribution in [-0.2, 0) is 11.3 Å². The predicted molar refractivity (Wildman–Crippen MR) is 106 cm³/mol. The normalized spacial score (nSPS) is 20.3. The summed E-state index contributed by atoms with van der Waals surface area (Å²) in [6.07, 6.45) is -4.88. The van der Waals surface area contributed by atoms with Crippen molar-refractivity contribution < 1.29 is 18.0 Å². The lowest BCUT2D eigenvalue weighted by molar-refractivity contribution is -0.215. The summed E-state index contributed by atoms with van der Waals surface area (Å²) in [4.78, 5) is 17.7. The largest absolute Gasteiger partial charge is 0.404 e. The van der Waals surface area contributed by atoms with E-state index in [1.807, 2.05) is 43.3 Å². The zero-order valence-corrected chi connectivity index (χ0v) is 16.0. The highest BCUT2D eigenvalue weighted by molar-refractivity contribution is 5.98. The van der Waals surface area contributed by atoms with Gasteiger partial charge in [-0.3, -0.25) is 9.69 Å². The number of alkyl halides is 3. The number of amides is 1. The maximum absolute atomic E-state index is 14.0. The fourth-order valence-corrected chi connectivity index (χ4v) is 4.02. The van der Waals surface area contributed by atoms with E-state index in [1.165, 1.54) is 0 Å². The minimum Gasteiger partial charge on any atom is -0.359 e. The highest BCUT2D eigenvalue weighted by atomic mass is 19.4. The fraction of sp³-hybridized carbons (Fsp3) is 0.318. The van der Waals surface area contributed by atoms with Crippen molar-refractivity contribution in [2.75, 3.05) is 18.4 Å². The molecular formula is C22H22F3N3O. The number of anilines is 1. The molecule has 3 aromatic rings. The molecule has 0 bridgehead atoms. The quantitative estimate of drug-likeness (QED) is 0.655. The molecule has 2 aromatic carbocycles. The van der Waals surface area contributed by atoms with Gasteiger partial charge in [-0.15, -0.1) is 0 Å². The van der Waals surface area contributed by atoms with Gasteiger partial charge in [0.1, 0.15) is 0 Å². The van der Waals surface area contributed by atoms with Crippen molar-refractivity contribution in [2.24, 2.45) is 5.41 Å². The van der Waals surface area contributed by atoms with Crippen LogP contribution in [0.15, 0.2) is 54.6 Å². The number of aromatic nitrogens is 1. The summed E-state index contributed by atoms with van der Waals surface area (Å²) in [7, 11) is 0. The number of hydrogen-bond donors (Lipinski definition) is 2. The first-order valence-corrected chi connectivity index (χ1v) is 9.51. The topological polar surface area (TPSA) is 48.1 Å². The summed E-state index contributed by atoms with van der Waals surface area (Å²) in [6, 6.07) is 16.3. The van der Waals surface area contributed by atoms with Gasteiger partial charge in [-0.25, -0.2) is 0 Å². The maximum atomic E-state index is 14.0. The molecule has 4 nitrogen and oxygen atoms in total. The van der Waals surface area contributed by atoms with Crippen LogP contribution in [0.25, 0.3) is 10.9 Å². The molecule has 1 amide bonds. The highest BCUT2D eigenvalue weighted by Crippen LogP contribution is 2.46. The summed E-state index contributed by atoms with van der Waals surface area (Å²) in [5.74, 6) is -0.993. The molecule has 2 heterocycles. The van der Waals surface area contributed by atoms with Gasteiger partial charge in [0.05, 0.1) is 0 Å². The van der Waals surface area contributed by atoms with Gasteiger partial charge in [0.25, 0.3) is 0 Å². The van der Waals surface area contributed by atoms with Crippen LogP contribution in [0.1, 0.15) is 17.7 Å². The van der Waals surface area contributed by atoms with Crippen LogP contribution < -0.4 is 5.32 Å². The Morgan fingerprint density at radius 2 is 1.93 bits per heavy atom. The molecule has 2 N–H and O–H groups in total. The maximum Gasteiger partial charge on any atom is 0.404 e. The zero-order valence-electron chi connectivity index (χ0n) is 16.0. The van der Waals surface area contributed by atoms with Crippen molar-refractivity contribution in [1.82, 2.24) is 9.88 Å². The van der Waals surface area contributed by atoms with E-state index in [0.29, 0.717) is 12.2 Å². The average molecular weight is 401 g/mol. The first-order chi connectivity index (χ1) is 13.8. The zero-order chi connectivity index (χ0) is 20.6. The number of nitrogens with one attached hydrogen (secondary N) is 2. The third-order valence-electron chi connectivity index (χ3n) is 5.59. The Morgan fingerprint density at radius 3 is 2.66 bits per heavy atom. The number of benzene rings is 2. The Kier molecular flexibility index (Phi) is 4.86. The summed E-state index contributed by atoms with van der Waals surface area (Å²) in [6.45, 7) is 2.16. The Hall–Kier alpha value is -2.80. The van der Waals surface area contributed by atoms with Crippen LogP contribution in [0.2, 0.25) is 0 Å². The molecule has 1 aromatic heterocycles. The second-order valence-corrected chi connectivity index (χ2v) is 7.73. The number of rotatable bonds is 4. The number of likely N-dealkylation sites (tertiary alicyclic amines) is 1. The summed E-state index contributed by atoms with van der Waals surface area (Å²) < 4.78 is 42.1. The van der Waals surface area contributed by atoms with Crippen LogP contribution in [0.5, 0.6) is 0 Å². The van der Waals surface area contributed by atoms with Crippen molar-refractivity contribution >= 4 is 22.5 Å². The standard InChI is InChI=1S/C22H22F3N3O/c1-15-11-17-12-18(7-8-19(17)26-15)27-20(29)21(22(23,24)25)9-10-28(14-21)13-16-5-3-2-4-6-16/h2-8,11-12,26H,9-10,13-14H2,1H3,(H,27,29).